The van der Waals surface area contributed by atoms with E-state index < -0.39 is 8.25 Å². The molecule has 0 amide bonds. The summed E-state index contributed by atoms with van der Waals surface area (Å²) in [7, 11) is -2.29. The second-order valence-corrected chi connectivity index (χ2v) is 9.50. The molecule has 0 aliphatic heterocycles. The van der Waals surface area contributed by atoms with Gasteiger partial charge in [0.25, 0.3) is 0 Å². The van der Waals surface area contributed by atoms with Gasteiger partial charge in [-0.25, -0.2) is 0 Å². The van der Waals surface area contributed by atoms with Crippen molar-refractivity contribution in [1.29, 1.82) is 0 Å². The Balaban J connectivity index is 3.95. The van der Waals surface area contributed by atoms with Gasteiger partial charge in [-0.15, -0.1) is 9.05 Å². The number of esters is 2. The van der Waals surface area contributed by atoms with Crippen LogP contribution in [0, 0.1) is 11.8 Å². The van der Waals surface area contributed by atoms with Crippen LogP contribution >= 0.6 is 8.25 Å². The van der Waals surface area contributed by atoms with Crippen molar-refractivity contribution in [3.63, 3.8) is 0 Å². The van der Waals surface area contributed by atoms with E-state index in [1.807, 2.05) is 0 Å². The minimum Gasteiger partial charge on any atom is -0.465 e. The van der Waals surface area contributed by atoms with E-state index in [1.165, 1.54) is 0 Å². The predicted octanol–water partition coefficient (Wildman–Crippen LogP) is 7.15. The summed E-state index contributed by atoms with van der Waals surface area (Å²) in [4.78, 5) is 24.5. The zero-order valence-corrected chi connectivity index (χ0v) is 22.4. The Morgan fingerprint density at radius 1 is 0.576 bits per heavy atom. The van der Waals surface area contributed by atoms with Gasteiger partial charge in [0.05, 0.1) is 18.4 Å². The normalized spacial score (nSPS) is 11.8. The van der Waals surface area contributed by atoms with Gasteiger partial charge in [-0.2, -0.15) is 0 Å². The lowest BCUT2D eigenvalue weighted by Gasteiger charge is -2.15. The van der Waals surface area contributed by atoms with Crippen LogP contribution in [0.15, 0.2) is 0 Å². The summed E-state index contributed by atoms with van der Waals surface area (Å²) in [5.41, 5.74) is 0. The third kappa shape index (κ3) is 18.0. The zero-order chi connectivity index (χ0) is 24.7. The SMILES string of the molecule is CCCCC(CCCC)C(=O)OCCCO[P+](=O)OCCOC(=O)C(CCCC)CCCC. The smallest absolute Gasteiger partial charge is 0.465 e. The average Bonchev–Trinajstić information content (AvgIpc) is 2.81. The van der Waals surface area contributed by atoms with Crippen LogP contribution in [0.25, 0.3) is 0 Å². The van der Waals surface area contributed by atoms with Crippen molar-refractivity contribution in [3.05, 3.63) is 0 Å². The first-order chi connectivity index (χ1) is 16.0. The summed E-state index contributed by atoms with van der Waals surface area (Å²) in [6.45, 7) is 8.95. The molecular weight excluding hydrogens is 443 g/mol. The Hall–Kier alpha value is -1.04. The Kier molecular flexibility index (Phi) is 22.0. The van der Waals surface area contributed by atoms with E-state index in [2.05, 4.69) is 27.7 Å². The fourth-order valence-electron chi connectivity index (χ4n) is 3.46. The minimum atomic E-state index is -2.29. The fraction of sp³-hybridized carbons (Fsp3) is 0.920. The molecule has 1 atom stereocenters. The molecule has 7 nitrogen and oxygen atoms in total. The summed E-state index contributed by atoms with van der Waals surface area (Å²) in [5, 5.41) is 0. The molecule has 1 unspecified atom stereocenters. The summed E-state index contributed by atoms with van der Waals surface area (Å²) >= 11 is 0. The highest BCUT2D eigenvalue weighted by Gasteiger charge is 2.23. The Morgan fingerprint density at radius 2 is 0.970 bits per heavy atom. The standard InChI is InChI=1S/C25H48O7P/c1-5-9-14-22(15-10-6-2)24(26)29-18-13-19-31-33(28)32-21-20-30-25(27)23(16-11-7-3)17-12-8-4/h22-23H,5-21H2,1-4H3/q+1. The third-order valence-electron chi connectivity index (χ3n) is 5.55. The molecule has 0 aliphatic carbocycles. The lowest BCUT2D eigenvalue weighted by molar-refractivity contribution is -0.150. The summed E-state index contributed by atoms with van der Waals surface area (Å²) < 4.78 is 32.7. The van der Waals surface area contributed by atoms with Gasteiger partial charge in [-0.05, 0) is 25.7 Å². The summed E-state index contributed by atoms with van der Waals surface area (Å²) in [6.07, 6.45) is 12.2. The van der Waals surface area contributed by atoms with Crippen molar-refractivity contribution in [1.82, 2.24) is 0 Å². The van der Waals surface area contributed by atoms with E-state index in [4.69, 9.17) is 18.5 Å². The first kappa shape index (κ1) is 32.0. The molecule has 0 spiro atoms. The van der Waals surface area contributed by atoms with Crippen molar-refractivity contribution in [3.8, 4) is 0 Å². The topological polar surface area (TPSA) is 88.1 Å². The maximum Gasteiger partial charge on any atom is 0.697 e. The molecule has 8 heteroatoms. The number of rotatable bonds is 23. The van der Waals surface area contributed by atoms with Crippen LogP contribution in [0.2, 0.25) is 0 Å². The molecule has 194 valence electrons. The molecule has 0 N–H and O–H groups in total. The van der Waals surface area contributed by atoms with Crippen LogP contribution in [0.3, 0.4) is 0 Å². The van der Waals surface area contributed by atoms with Crippen molar-refractivity contribution in [2.45, 2.75) is 111 Å². The number of hydrogen-bond donors (Lipinski definition) is 0. The van der Waals surface area contributed by atoms with Gasteiger partial charge in [-0.3, -0.25) is 9.59 Å². The second-order valence-electron chi connectivity index (χ2n) is 8.54. The van der Waals surface area contributed by atoms with Gasteiger partial charge in [-0.1, -0.05) is 79.1 Å². The van der Waals surface area contributed by atoms with Crippen molar-refractivity contribution in [2.75, 3.05) is 26.4 Å². The number of carbonyl (C=O) groups excluding carboxylic acids is 2. The van der Waals surface area contributed by atoms with Crippen molar-refractivity contribution >= 4 is 20.2 Å². The Labute approximate surface area is 202 Å². The van der Waals surface area contributed by atoms with Gasteiger partial charge in [0.15, 0.2) is 0 Å². The lowest BCUT2D eigenvalue weighted by atomic mass is 9.96. The first-order valence-electron chi connectivity index (χ1n) is 13.1. The molecule has 0 aliphatic rings. The van der Waals surface area contributed by atoms with E-state index in [-0.39, 0.29) is 50.2 Å². The van der Waals surface area contributed by atoms with Crippen LogP contribution in [0.5, 0.6) is 0 Å². The molecule has 0 fully saturated rings. The quantitative estimate of drug-likeness (QED) is 0.0852. The highest BCUT2D eigenvalue weighted by atomic mass is 31.1. The van der Waals surface area contributed by atoms with Crippen molar-refractivity contribution < 1.29 is 32.7 Å². The molecule has 0 bridgehead atoms. The zero-order valence-electron chi connectivity index (χ0n) is 21.5. The molecule has 33 heavy (non-hydrogen) atoms. The van der Waals surface area contributed by atoms with Crippen LogP contribution in [-0.4, -0.2) is 38.4 Å². The fourth-order valence-corrected chi connectivity index (χ4v) is 4.04. The third-order valence-corrected chi connectivity index (χ3v) is 6.33. The van der Waals surface area contributed by atoms with Crippen LogP contribution in [0.1, 0.15) is 111 Å². The maximum absolute atomic E-state index is 12.3. The Morgan fingerprint density at radius 3 is 1.39 bits per heavy atom. The monoisotopic (exact) mass is 491 g/mol. The number of carbonyl (C=O) groups is 2. The van der Waals surface area contributed by atoms with Crippen LogP contribution in [-0.2, 0) is 32.7 Å². The molecule has 0 aromatic rings. The van der Waals surface area contributed by atoms with Crippen LogP contribution < -0.4 is 0 Å². The first-order valence-corrected chi connectivity index (χ1v) is 14.2. The molecule has 0 aromatic heterocycles. The maximum atomic E-state index is 12.3. The van der Waals surface area contributed by atoms with E-state index >= 15 is 0 Å². The van der Waals surface area contributed by atoms with Gasteiger partial charge < -0.3 is 9.47 Å². The predicted molar refractivity (Wildman–Crippen MR) is 131 cm³/mol. The highest BCUT2D eigenvalue weighted by molar-refractivity contribution is 7.33. The largest absolute Gasteiger partial charge is 0.697 e. The summed E-state index contributed by atoms with van der Waals surface area (Å²) in [6, 6.07) is 0. The summed E-state index contributed by atoms with van der Waals surface area (Å²) in [5.74, 6) is -0.441. The van der Waals surface area contributed by atoms with Gasteiger partial charge in [0.1, 0.15) is 19.8 Å². The van der Waals surface area contributed by atoms with E-state index in [0.717, 1.165) is 77.0 Å². The minimum absolute atomic E-state index is 0.0285. The molecule has 0 rings (SSSR count). The second kappa shape index (κ2) is 22.7. The molecule has 0 saturated carbocycles. The van der Waals surface area contributed by atoms with Crippen molar-refractivity contribution in [2.24, 2.45) is 11.8 Å². The van der Waals surface area contributed by atoms with E-state index in [0.29, 0.717) is 6.42 Å². The molecular formula is C25H48O7P+. The van der Waals surface area contributed by atoms with Gasteiger partial charge >= 0.3 is 20.2 Å². The highest BCUT2D eigenvalue weighted by Crippen LogP contribution is 2.24. The number of unbranched alkanes of at least 4 members (excludes halogenated alkanes) is 4. The van der Waals surface area contributed by atoms with Gasteiger partial charge in [0, 0.05) is 11.0 Å². The number of hydrogen-bond acceptors (Lipinski definition) is 7. The van der Waals surface area contributed by atoms with Gasteiger partial charge in [0.2, 0.25) is 0 Å². The number of ether oxygens (including phenoxy) is 2. The Bertz CT molecular complexity index is 497. The molecule has 0 aromatic carbocycles. The average molecular weight is 492 g/mol. The van der Waals surface area contributed by atoms with E-state index in [9.17, 15) is 14.2 Å². The molecule has 0 saturated heterocycles. The lowest BCUT2D eigenvalue weighted by Crippen LogP contribution is -2.20. The van der Waals surface area contributed by atoms with E-state index in [1.54, 1.807) is 0 Å². The van der Waals surface area contributed by atoms with Crippen LogP contribution in [0.4, 0.5) is 0 Å². The molecule has 0 radical (unpaired) electrons. The molecule has 0 heterocycles.